The van der Waals surface area contributed by atoms with E-state index < -0.39 is 46.6 Å². The third kappa shape index (κ3) is 14.6. The van der Waals surface area contributed by atoms with Crippen molar-refractivity contribution in [1.82, 2.24) is 4.98 Å². The van der Waals surface area contributed by atoms with Gasteiger partial charge in [0.25, 0.3) is 0 Å². The van der Waals surface area contributed by atoms with Crippen molar-refractivity contribution in [2.75, 3.05) is 5.75 Å². The van der Waals surface area contributed by atoms with Crippen LogP contribution < -0.4 is 22.3 Å². The molecule has 19 heteroatoms. The zero-order chi connectivity index (χ0) is 25.8. The first kappa shape index (κ1) is 30.0. The molecule has 0 radical (unpaired) electrons. The summed E-state index contributed by atoms with van der Waals surface area (Å²) in [6.45, 7) is 0. The Morgan fingerprint density at radius 3 is 2.09 bits per heavy atom. The van der Waals surface area contributed by atoms with E-state index in [-0.39, 0.29) is 11.8 Å². The van der Waals surface area contributed by atoms with Gasteiger partial charge < -0.3 is 37.6 Å². The first-order valence-electron chi connectivity index (χ1n) is 8.42. The van der Waals surface area contributed by atoms with E-state index in [0.717, 1.165) is 5.69 Å². The molecule has 0 saturated heterocycles. The molecule has 0 aliphatic rings. The predicted molar refractivity (Wildman–Crippen MR) is 120 cm³/mol. The van der Waals surface area contributed by atoms with E-state index in [9.17, 15) is 22.8 Å². The average molecular weight is 530 g/mol. The number of carbonyl (C=O) groups is 3. The number of hydrogen-bond acceptors (Lipinski definition) is 10. The first-order chi connectivity index (χ1) is 15.0. The number of aliphatic hydroxyl groups is 1. The van der Waals surface area contributed by atoms with E-state index >= 15 is 0 Å². The van der Waals surface area contributed by atoms with Gasteiger partial charge in [-0.1, -0.05) is 0 Å². The van der Waals surface area contributed by atoms with Gasteiger partial charge in [-0.2, -0.15) is 25.2 Å². The fourth-order valence-electron chi connectivity index (χ4n) is 1.80. The van der Waals surface area contributed by atoms with Gasteiger partial charge in [0.15, 0.2) is 11.6 Å². The summed E-state index contributed by atoms with van der Waals surface area (Å²) >= 11 is 2.86. The summed E-state index contributed by atoms with van der Waals surface area (Å²) in [5.74, 6) is -3.83. The van der Waals surface area contributed by atoms with Crippen molar-refractivity contribution < 1.29 is 43.2 Å². The molecule has 33 heavy (non-hydrogen) atoms. The number of carboxylic acid groups (broad SMARTS) is 3. The molecular weight excluding hydrogens is 506 g/mol. The largest absolute Gasteiger partial charge is 0.481 e. The summed E-state index contributed by atoms with van der Waals surface area (Å²) in [6.07, 6.45) is -1.96. The van der Waals surface area contributed by atoms with Crippen molar-refractivity contribution >= 4 is 68.1 Å². The van der Waals surface area contributed by atoms with E-state index in [2.05, 4.69) is 14.4 Å². The predicted octanol–water partition coefficient (Wildman–Crippen LogP) is -2.02. The van der Waals surface area contributed by atoms with E-state index in [0.29, 0.717) is 23.1 Å². The van der Waals surface area contributed by atoms with Crippen molar-refractivity contribution in [2.45, 2.75) is 30.6 Å². The fourth-order valence-corrected chi connectivity index (χ4v) is 3.89. The molecule has 12 N–H and O–H groups in total. The van der Waals surface area contributed by atoms with Crippen LogP contribution >= 0.6 is 23.1 Å². The standard InChI is InChI=1S/C8H15N7O2S3.C6H8O7/c9-6(15-20(12,16)17)1-2-18-3-5-4-19-8(13-5)14-7(10)11;7-3(8)1-6(13,5(11)12)2-4(9)10/h4H,1-3H2,(H2,9,15)(H2,12,16,17)(H4,10,11,13,14);13H,1-2H2,(H,7,8)(H,9,10)(H,11,12). The number of amidine groups is 1. The van der Waals surface area contributed by atoms with Gasteiger partial charge in [-0.25, -0.2) is 14.9 Å². The molecule has 0 unspecified atom stereocenters. The van der Waals surface area contributed by atoms with Crippen LogP contribution in [-0.2, 0) is 30.3 Å². The normalized spacial score (nSPS) is 11.8. The maximum absolute atomic E-state index is 10.6. The van der Waals surface area contributed by atoms with Crippen molar-refractivity contribution in [3.8, 4) is 0 Å². The van der Waals surface area contributed by atoms with Crippen LogP contribution in [0.4, 0.5) is 5.13 Å². The minimum atomic E-state index is -3.92. The summed E-state index contributed by atoms with van der Waals surface area (Å²) in [7, 11) is -3.92. The number of thiazole rings is 1. The molecule has 0 aromatic carbocycles. The van der Waals surface area contributed by atoms with Gasteiger partial charge in [0.2, 0.25) is 5.13 Å². The number of rotatable bonds is 12. The molecule has 1 heterocycles. The third-order valence-corrected chi connectivity index (χ3v) is 5.31. The lowest BCUT2D eigenvalue weighted by Gasteiger charge is -2.18. The first-order valence-corrected chi connectivity index (χ1v) is 12.0. The average Bonchev–Trinajstić information content (AvgIpc) is 3.02. The van der Waals surface area contributed by atoms with Gasteiger partial charge in [0.05, 0.1) is 18.5 Å². The molecule has 0 amide bonds. The topological polar surface area (TPSA) is 308 Å². The minimum Gasteiger partial charge on any atom is -0.481 e. The number of nitrogens with zero attached hydrogens (tertiary/aromatic N) is 3. The molecule has 0 aliphatic heterocycles. The van der Waals surface area contributed by atoms with Gasteiger partial charge >= 0.3 is 28.1 Å². The molecular formula is C14H23N7O9S3. The maximum atomic E-state index is 10.6. The number of aromatic nitrogens is 1. The number of hydrogen-bond donors (Lipinski definition) is 8. The van der Waals surface area contributed by atoms with Gasteiger partial charge in [0.1, 0.15) is 5.84 Å². The number of aliphatic carboxylic acids is 3. The number of thioether (sulfide) groups is 1. The molecule has 0 fully saturated rings. The van der Waals surface area contributed by atoms with Crippen LogP contribution in [-0.4, -0.2) is 74.9 Å². The van der Waals surface area contributed by atoms with Crippen LogP contribution in [0.5, 0.6) is 0 Å². The molecule has 186 valence electrons. The molecule has 0 saturated carbocycles. The number of carboxylic acids is 3. The van der Waals surface area contributed by atoms with E-state index in [1.165, 1.54) is 23.1 Å². The van der Waals surface area contributed by atoms with Crippen LogP contribution in [0.2, 0.25) is 0 Å². The van der Waals surface area contributed by atoms with Crippen molar-refractivity contribution in [1.29, 1.82) is 0 Å². The summed E-state index contributed by atoms with van der Waals surface area (Å²) in [5.41, 5.74) is 14.0. The number of aliphatic imine (C=N–C) groups is 1. The molecule has 0 spiro atoms. The van der Waals surface area contributed by atoms with Crippen LogP contribution in [0.15, 0.2) is 14.8 Å². The Bertz CT molecular complexity index is 988. The quantitative estimate of drug-likeness (QED) is 0.0823. The Morgan fingerprint density at radius 2 is 1.67 bits per heavy atom. The molecule has 1 aromatic heterocycles. The Balaban J connectivity index is 0.000000684. The summed E-state index contributed by atoms with van der Waals surface area (Å²) in [6, 6.07) is 0. The van der Waals surface area contributed by atoms with Crippen molar-refractivity contribution in [2.24, 2.45) is 31.7 Å². The maximum Gasteiger partial charge on any atom is 0.336 e. The fraction of sp³-hybridized carbons (Fsp3) is 0.429. The second kappa shape index (κ2) is 13.5. The highest BCUT2D eigenvalue weighted by Crippen LogP contribution is 2.22. The van der Waals surface area contributed by atoms with Crippen molar-refractivity contribution in [3.05, 3.63) is 11.1 Å². The highest BCUT2D eigenvalue weighted by molar-refractivity contribution is 7.98. The summed E-state index contributed by atoms with van der Waals surface area (Å²) in [4.78, 5) is 38.5. The smallest absolute Gasteiger partial charge is 0.336 e. The SMILES string of the molecule is NC(N)=Nc1nc(CSCCC(N)=NS(N)(=O)=O)cs1.O=C(O)CC(O)(CC(=O)O)C(=O)O. The van der Waals surface area contributed by atoms with Crippen LogP contribution in [0.25, 0.3) is 0 Å². The Labute approximate surface area is 195 Å². The molecule has 16 nitrogen and oxygen atoms in total. The molecule has 0 atom stereocenters. The Morgan fingerprint density at radius 1 is 1.12 bits per heavy atom. The second-order valence-corrected chi connectivity index (χ2v) is 9.19. The molecule has 0 bridgehead atoms. The number of guanidine groups is 1. The highest BCUT2D eigenvalue weighted by Gasteiger charge is 2.40. The molecule has 1 rings (SSSR count). The zero-order valence-corrected chi connectivity index (χ0v) is 19.3. The Kier molecular flexibility index (Phi) is 12.3. The zero-order valence-electron chi connectivity index (χ0n) is 16.8. The van der Waals surface area contributed by atoms with E-state index in [1.54, 1.807) is 0 Å². The minimum absolute atomic E-state index is 0.0144. The second-order valence-electron chi connectivity index (χ2n) is 6.04. The highest BCUT2D eigenvalue weighted by atomic mass is 32.2. The van der Waals surface area contributed by atoms with Gasteiger partial charge in [-0.15, -0.1) is 15.7 Å². The lowest BCUT2D eigenvalue weighted by Crippen LogP contribution is -2.42. The third-order valence-electron chi connectivity index (χ3n) is 3.05. The summed E-state index contributed by atoms with van der Waals surface area (Å²) in [5, 5.41) is 40.9. The van der Waals surface area contributed by atoms with Crippen molar-refractivity contribution in [3.63, 3.8) is 0 Å². The Hall–Kier alpha value is -3.00. The van der Waals surface area contributed by atoms with Crippen LogP contribution in [0.3, 0.4) is 0 Å². The molecule has 1 aromatic rings. The lowest BCUT2D eigenvalue weighted by atomic mass is 9.96. The monoisotopic (exact) mass is 529 g/mol. The summed E-state index contributed by atoms with van der Waals surface area (Å²) < 4.78 is 24.5. The van der Waals surface area contributed by atoms with E-state index in [1.807, 2.05) is 5.38 Å². The number of nitrogens with two attached hydrogens (primary N) is 4. The van der Waals surface area contributed by atoms with Gasteiger partial charge in [-0.05, 0) is 0 Å². The van der Waals surface area contributed by atoms with E-state index in [4.69, 9.17) is 42.8 Å². The van der Waals surface area contributed by atoms with Gasteiger partial charge in [-0.3, -0.25) is 9.59 Å². The molecule has 0 aliphatic carbocycles. The van der Waals surface area contributed by atoms with Crippen LogP contribution in [0, 0.1) is 0 Å². The lowest BCUT2D eigenvalue weighted by molar-refractivity contribution is -0.170. The van der Waals surface area contributed by atoms with Crippen LogP contribution in [0.1, 0.15) is 25.0 Å². The van der Waals surface area contributed by atoms with Gasteiger partial charge in [0, 0.05) is 23.3 Å².